The third kappa shape index (κ3) is 3.37. The highest BCUT2D eigenvalue weighted by molar-refractivity contribution is 5.79. The number of nitrogens with one attached hydrogen (secondary N) is 1. The molecule has 2 N–H and O–H groups in total. The number of aliphatic hydroxyl groups excluding tert-OH is 1. The van der Waals surface area contributed by atoms with E-state index in [0.717, 1.165) is 42.0 Å². The number of benzene rings is 1. The van der Waals surface area contributed by atoms with Gasteiger partial charge in [0.1, 0.15) is 17.1 Å². The van der Waals surface area contributed by atoms with Crippen molar-refractivity contribution >= 4 is 11.0 Å². The Hall–Kier alpha value is -1.56. The average molecular weight is 290 g/mol. The zero-order valence-electron chi connectivity index (χ0n) is 12.5. The maximum absolute atomic E-state index is 9.54. The molecule has 2 aromatic rings. The lowest BCUT2D eigenvalue weighted by molar-refractivity contribution is 0.188. The quantitative estimate of drug-likeness (QED) is 0.876. The molecule has 1 fully saturated rings. The van der Waals surface area contributed by atoms with Gasteiger partial charge in [-0.1, -0.05) is 0 Å². The van der Waals surface area contributed by atoms with Crippen molar-refractivity contribution in [3.8, 4) is 5.75 Å². The first-order valence-corrected chi connectivity index (χ1v) is 7.30. The number of fused-ring (bicyclic) bond motifs is 1. The fraction of sp³-hybridized carbons (Fsp3) is 0.500. The van der Waals surface area contributed by atoms with E-state index in [1.807, 2.05) is 18.2 Å². The minimum Gasteiger partial charge on any atom is -0.497 e. The molecular weight excluding hydrogens is 268 g/mol. The van der Waals surface area contributed by atoms with Crippen molar-refractivity contribution in [3.63, 3.8) is 0 Å². The first-order chi connectivity index (χ1) is 10.1. The SMILES string of the molecule is COc1ccc2oc(CN(C)C[C@@H]3C[C@@H](O)CN3)cc2c1. The fourth-order valence-electron chi connectivity index (χ4n) is 2.92. The highest BCUT2D eigenvalue weighted by Crippen LogP contribution is 2.24. The minimum absolute atomic E-state index is 0.206. The third-order valence-corrected chi connectivity index (χ3v) is 3.93. The van der Waals surface area contributed by atoms with E-state index in [9.17, 15) is 5.11 Å². The zero-order valence-corrected chi connectivity index (χ0v) is 12.5. The number of aliphatic hydroxyl groups is 1. The summed E-state index contributed by atoms with van der Waals surface area (Å²) in [5.74, 6) is 1.78. The second kappa shape index (κ2) is 6.05. The Kier molecular flexibility index (Phi) is 4.14. The molecule has 0 unspecified atom stereocenters. The van der Waals surface area contributed by atoms with E-state index in [-0.39, 0.29) is 6.10 Å². The van der Waals surface area contributed by atoms with Gasteiger partial charge in [0.15, 0.2) is 0 Å². The lowest BCUT2D eigenvalue weighted by Gasteiger charge is -2.19. The molecule has 0 bridgehead atoms. The Morgan fingerprint density at radius 1 is 1.43 bits per heavy atom. The molecule has 1 saturated heterocycles. The van der Waals surface area contributed by atoms with E-state index < -0.39 is 0 Å². The van der Waals surface area contributed by atoms with Crippen molar-refractivity contribution < 1.29 is 14.3 Å². The number of hydrogen-bond donors (Lipinski definition) is 2. The number of likely N-dealkylation sites (N-methyl/N-ethyl adjacent to an activating group) is 1. The second-order valence-corrected chi connectivity index (χ2v) is 5.81. The molecule has 3 rings (SSSR count). The van der Waals surface area contributed by atoms with Gasteiger partial charge in [-0.05, 0) is 37.7 Å². The van der Waals surface area contributed by atoms with Crippen LogP contribution >= 0.6 is 0 Å². The molecule has 1 aliphatic heterocycles. The second-order valence-electron chi connectivity index (χ2n) is 5.81. The fourth-order valence-corrected chi connectivity index (χ4v) is 2.92. The zero-order chi connectivity index (χ0) is 14.8. The minimum atomic E-state index is -0.206. The van der Waals surface area contributed by atoms with E-state index in [0.29, 0.717) is 12.6 Å². The summed E-state index contributed by atoms with van der Waals surface area (Å²) in [4.78, 5) is 2.21. The molecule has 2 heterocycles. The normalized spacial score (nSPS) is 22.3. The largest absolute Gasteiger partial charge is 0.497 e. The molecule has 1 aliphatic rings. The smallest absolute Gasteiger partial charge is 0.134 e. The summed E-state index contributed by atoms with van der Waals surface area (Å²) in [5.41, 5.74) is 0.883. The molecule has 0 spiro atoms. The number of β-amino-alcohol motifs (C(OH)–C–C–N with tert-alkyl or cyclic N) is 1. The number of rotatable bonds is 5. The highest BCUT2D eigenvalue weighted by atomic mass is 16.5. The molecule has 114 valence electrons. The molecule has 0 radical (unpaired) electrons. The van der Waals surface area contributed by atoms with Gasteiger partial charge in [-0.2, -0.15) is 0 Å². The summed E-state index contributed by atoms with van der Waals surface area (Å²) < 4.78 is 11.1. The Balaban J connectivity index is 1.64. The summed E-state index contributed by atoms with van der Waals surface area (Å²) in [6.45, 7) is 2.35. The van der Waals surface area contributed by atoms with Crippen LogP contribution in [0.1, 0.15) is 12.2 Å². The van der Waals surface area contributed by atoms with Gasteiger partial charge >= 0.3 is 0 Å². The number of nitrogens with zero attached hydrogens (tertiary/aromatic N) is 1. The molecule has 0 aliphatic carbocycles. The molecular formula is C16H22N2O3. The summed E-state index contributed by atoms with van der Waals surface area (Å²) in [6, 6.07) is 8.24. The average Bonchev–Trinajstić information content (AvgIpc) is 3.03. The standard InChI is InChI=1S/C16H22N2O3/c1-18(9-12-7-13(19)8-17-12)10-15-6-11-5-14(20-2)3-4-16(11)21-15/h3-6,12-13,17,19H,7-10H2,1-2H3/t12-,13+/m0/s1. The Labute approximate surface area is 124 Å². The van der Waals surface area contributed by atoms with E-state index >= 15 is 0 Å². The molecule has 1 aromatic carbocycles. The van der Waals surface area contributed by atoms with Crippen molar-refractivity contribution in [2.24, 2.45) is 0 Å². The van der Waals surface area contributed by atoms with Gasteiger partial charge in [0.25, 0.3) is 0 Å². The number of furan rings is 1. The van der Waals surface area contributed by atoms with Crippen LogP contribution < -0.4 is 10.1 Å². The van der Waals surface area contributed by atoms with Crippen molar-refractivity contribution in [3.05, 3.63) is 30.0 Å². The summed E-state index contributed by atoms with van der Waals surface area (Å²) >= 11 is 0. The summed E-state index contributed by atoms with van der Waals surface area (Å²) in [7, 11) is 3.74. The number of methoxy groups -OCH3 is 1. The Bertz CT molecular complexity index is 611. The van der Waals surface area contributed by atoms with E-state index in [2.05, 4.69) is 23.3 Å². The van der Waals surface area contributed by atoms with Crippen molar-refractivity contribution in [2.75, 3.05) is 27.2 Å². The Morgan fingerprint density at radius 3 is 3.00 bits per heavy atom. The van der Waals surface area contributed by atoms with Crippen LogP contribution in [0.5, 0.6) is 5.75 Å². The van der Waals surface area contributed by atoms with Gasteiger partial charge in [0.05, 0.1) is 19.8 Å². The van der Waals surface area contributed by atoms with Gasteiger partial charge in [-0.3, -0.25) is 4.90 Å². The van der Waals surface area contributed by atoms with E-state index in [4.69, 9.17) is 9.15 Å². The van der Waals surface area contributed by atoms with Crippen LogP contribution in [0.2, 0.25) is 0 Å². The third-order valence-electron chi connectivity index (χ3n) is 3.93. The molecule has 5 heteroatoms. The maximum Gasteiger partial charge on any atom is 0.134 e. The molecule has 1 aromatic heterocycles. The number of hydrogen-bond acceptors (Lipinski definition) is 5. The summed E-state index contributed by atoms with van der Waals surface area (Å²) in [6.07, 6.45) is 0.615. The van der Waals surface area contributed by atoms with Crippen LogP contribution in [0.25, 0.3) is 11.0 Å². The number of ether oxygens (including phenoxy) is 1. The van der Waals surface area contributed by atoms with Gasteiger partial charge < -0.3 is 19.6 Å². The van der Waals surface area contributed by atoms with Crippen LogP contribution in [0.4, 0.5) is 0 Å². The molecule has 21 heavy (non-hydrogen) atoms. The van der Waals surface area contributed by atoms with Crippen LogP contribution in [-0.4, -0.2) is 49.4 Å². The van der Waals surface area contributed by atoms with Crippen LogP contribution in [0.3, 0.4) is 0 Å². The first kappa shape index (κ1) is 14.4. The topological polar surface area (TPSA) is 57.9 Å². The lowest BCUT2D eigenvalue weighted by Crippen LogP contribution is -2.34. The van der Waals surface area contributed by atoms with Crippen molar-refractivity contribution in [1.29, 1.82) is 0 Å². The van der Waals surface area contributed by atoms with Gasteiger partial charge in [-0.15, -0.1) is 0 Å². The van der Waals surface area contributed by atoms with E-state index in [1.165, 1.54) is 0 Å². The van der Waals surface area contributed by atoms with Crippen LogP contribution in [0, 0.1) is 0 Å². The highest BCUT2D eigenvalue weighted by Gasteiger charge is 2.23. The van der Waals surface area contributed by atoms with Gasteiger partial charge in [-0.25, -0.2) is 0 Å². The first-order valence-electron chi connectivity index (χ1n) is 7.30. The van der Waals surface area contributed by atoms with Crippen LogP contribution in [0.15, 0.2) is 28.7 Å². The monoisotopic (exact) mass is 290 g/mol. The predicted octanol–water partition coefficient (Wildman–Crippen LogP) is 1.60. The van der Waals surface area contributed by atoms with Crippen LogP contribution in [-0.2, 0) is 6.54 Å². The lowest BCUT2D eigenvalue weighted by atomic mass is 10.2. The maximum atomic E-state index is 9.54. The molecule has 0 saturated carbocycles. The molecule has 5 nitrogen and oxygen atoms in total. The summed E-state index contributed by atoms with van der Waals surface area (Å²) in [5, 5.41) is 13.9. The van der Waals surface area contributed by atoms with Gasteiger partial charge in [0, 0.05) is 24.5 Å². The van der Waals surface area contributed by atoms with Crippen molar-refractivity contribution in [2.45, 2.75) is 25.1 Å². The predicted molar refractivity (Wildman–Crippen MR) is 81.5 cm³/mol. The molecule has 0 amide bonds. The molecule has 2 atom stereocenters. The Morgan fingerprint density at radius 2 is 2.29 bits per heavy atom. The van der Waals surface area contributed by atoms with E-state index in [1.54, 1.807) is 7.11 Å². The van der Waals surface area contributed by atoms with Crippen molar-refractivity contribution in [1.82, 2.24) is 10.2 Å². The van der Waals surface area contributed by atoms with Gasteiger partial charge in [0.2, 0.25) is 0 Å².